The minimum atomic E-state index is -1.54. The maximum Gasteiger partial charge on any atom is 0.361 e. The van der Waals surface area contributed by atoms with Crippen molar-refractivity contribution in [2.45, 2.75) is 309 Å². The van der Waals surface area contributed by atoms with Crippen molar-refractivity contribution >= 4 is 17.9 Å². The van der Waals surface area contributed by atoms with E-state index in [4.69, 9.17) is 18.9 Å². The first-order chi connectivity index (χ1) is 49.6. The van der Waals surface area contributed by atoms with Gasteiger partial charge >= 0.3 is 17.9 Å². The average molecular weight is 1400 g/mol. The van der Waals surface area contributed by atoms with Crippen molar-refractivity contribution in [3.63, 3.8) is 0 Å². The molecule has 2 atom stereocenters. The Morgan fingerprint density at radius 1 is 0.297 bits per heavy atom. The fourth-order valence-electron chi connectivity index (χ4n) is 10.5. The number of quaternary nitrogens is 1. The molecule has 0 saturated carbocycles. The van der Waals surface area contributed by atoms with E-state index in [1.165, 1.54) is 122 Å². The number of hydrogen-bond acceptors (Lipinski definition) is 7. The average Bonchev–Trinajstić information content (AvgIpc) is 1.21. The molecule has 0 aliphatic rings. The summed E-state index contributed by atoms with van der Waals surface area (Å²) in [4.78, 5) is 37.7. The van der Waals surface area contributed by atoms with Gasteiger partial charge in [-0.05, 0) is 148 Å². The molecule has 0 heterocycles. The lowest BCUT2D eigenvalue weighted by atomic mass is 10.0. The van der Waals surface area contributed by atoms with Crippen LogP contribution in [-0.4, -0.2) is 87.4 Å². The van der Waals surface area contributed by atoms with Crippen LogP contribution in [0.5, 0.6) is 0 Å². The van der Waals surface area contributed by atoms with Gasteiger partial charge in [-0.25, -0.2) is 4.79 Å². The van der Waals surface area contributed by atoms with Crippen LogP contribution in [0.1, 0.15) is 296 Å². The largest absolute Gasteiger partial charge is 0.477 e. The monoisotopic (exact) mass is 1400 g/mol. The number of hydrogen-bond donors (Lipinski definition) is 1. The first-order valence-corrected chi connectivity index (χ1v) is 40.2. The number of nitrogens with zero attached hydrogens (tertiary/aromatic N) is 1. The first-order valence-electron chi connectivity index (χ1n) is 40.2. The SMILES string of the molecule is CC/C=C\C/C=C\C/C=C\C/C=C\C/C=C\C/C=C\C/C=C\C/C=C\C/C=C\C/C=C\C/C=C\C/C=C\CCCCC(=O)OC(COC(=O)CCCCCCCCCCCCCCCCCCCCCCC/C=C\C/C=C\C/C=C\C/C=C\C/C=C\CC)COC(OCC[N+](C)(C)C)C(=O)O. The van der Waals surface area contributed by atoms with E-state index >= 15 is 0 Å². The number of carboxylic acid groups (broad SMARTS) is 1. The maximum absolute atomic E-state index is 13.0. The van der Waals surface area contributed by atoms with Gasteiger partial charge in [-0.3, -0.25) is 9.59 Å². The Labute approximate surface area is 620 Å². The molecule has 0 aromatic rings. The number of esters is 2. The zero-order valence-electron chi connectivity index (χ0n) is 65.0. The predicted octanol–water partition coefficient (Wildman–Crippen LogP) is 26.3. The van der Waals surface area contributed by atoms with E-state index in [0.717, 1.165) is 141 Å². The molecule has 1 N–H and O–H groups in total. The van der Waals surface area contributed by atoms with Crippen molar-refractivity contribution < 1.29 is 42.9 Å². The van der Waals surface area contributed by atoms with Crippen molar-refractivity contribution in [2.24, 2.45) is 0 Å². The molecule has 0 bridgehead atoms. The Hall–Kier alpha value is -6.13. The minimum Gasteiger partial charge on any atom is -0.477 e. The number of rotatable bonds is 72. The lowest BCUT2D eigenvalue weighted by Crippen LogP contribution is -2.40. The summed E-state index contributed by atoms with van der Waals surface area (Å²) in [6.07, 6.45) is 121. The minimum absolute atomic E-state index is 0.170. The number of carbonyl (C=O) groups is 3. The number of unbranched alkanes of at least 4 members (excludes halogenated alkanes) is 23. The van der Waals surface area contributed by atoms with Gasteiger partial charge in [0.1, 0.15) is 13.2 Å². The summed E-state index contributed by atoms with van der Waals surface area (Å²) in [7, 11) is 5.96. The molecule has 0 rings (SSSR count). The Kier molecular flexibility index (Phi) is 74.7. The standard InChI is InChI=1S/C92H147NO8/c1-6-8-10-12-14-16-18-20-22-24-26-28-30-32-34-36-38-40-42-44-45-47-49-51-53-55-57-59-61-63-65-67-69-71-73-75-77-79-81-83-90(95)101-88(87-100-92(91(96)97)98-85-84-93(3,4)5)86-99-89(94)82-80-78-76-74-72-70-68-66-64-62-60-58-56-54-52-50-48-46-43-41-39-37-35-33-31-29-27-25-23-21-19-17-15-13-11-9-7-2/h8-11,14-17,20-23,26-29,32-35,38,40,44-45,49,51,55,57,61,63,67,69,73,75,88,92H,6-7,12-13,18-19,24-25,30-31,36-37,39,41-43,46-48,50,52-54,56,58-60,62,64-66,68,70-72,74,76-87H2,1-5H3/p+1/b10-8-,11-9-,16-14-,17-15-,22-20-,23-21-,28-26-,29-27-,34-32-,35-33-,40-38-,45-44-,51-49-,57-55-,63-61-,69-67-,75-73-. The second-order valence-electron chi connectivity index (χ2n) is 27.3. The van der Waals surface area contributed by atoms with Crippen LogP contribution in [0.4, 0.5) is 0 Å². The highest BCUT2D eigenvalue weighted by atomic mass is 16.7. The zero-order valence-corrected chi connectivity index (χ0v) is 65.0. The normalized spacial score (nSPS) is 13.8. The summed E-state index contributed by atoms with van der Waals surface area (Å²) >= 11 is 0. The number of ether oxygens (including phenoxy) is 4. The van der Waals surface area contributed by atoms with Crippen LogP contribution in [0, 0.1) is 0 Å². The predicted molar refractivity (Wildman–Crippen MR) is 437 cm³/mol. The molecule has 0 saturated heterocycles. The van der Waals surface area contributed by atoms with Gasteiger partial charge in [0.25, 0.3) is 6.29 Å². The van der Waals surface area contributed by atoms with Crippen LogP contribution in [0.15, 0.2) is 207 Å². The highest BCUT2D eigenvalue weighted by Gasteiger charge is 2.25. The number of aliphatic carboxylic acids is 1. The van der Waals surface area contributed by atoms with Crippen LogP contribution in [0.2, 0.25) is 0 Å². The second kappa shape index (κ2) is 79.6. The fourth-order valence-corrected chi connectivity index (χ4v) is 10.5. The van der Waals surface area contributed by atoms with Gasteiger partial charge in [0.05, 0.1) is 34.4 Å². The number of allylic oxidation sites excluding steroid dienone is 34. The van der Waals surface area contributed by atoms with Gasteiger partial charge in [-0.15, -0.1) is 0 Å². The molecule has 0 aromatic carbocycles. The van der Waals surface area contributed by atoms with Crippen LogP contribution >= 0.6 is 0 Å². The molecule has 0 aliphatic heterocycles. The van der Waals surface area contributed by atoms with Crippen molar-refractivity contribution in [3.8, 4) is 0 Å². The van der Waals surface area contributed by atoms with Gasteiger partial charge in [-0.2, -0.15) is 0 Å². The third-order valence-electron chi connectivity index (χ3n) is 16.5. The Morgan fingerprint density at radius 3 is 0.812 bits per heavy atom. The van der Waals surface area contributed by atoms with Crippen molar-refractivity contribution in [1.29, 1.82) is 0 Å². The second-order valence-corrected chi connectivity index (χ2v) is 27.3. The Morgan fingerprint density at radius 2 is 0.535 bits per heavy atom. The molecular weight excluding hydrogens is 1250 g/mol. The molecule has 0 aromatic heterocycles. The lowest BCUT2D eigenvalue weighted by molar-refractivity contribution is -0.870. The summed E-state index contributed by atoms with van der Waals surface area (Å²) in [5.41, 5.74) is 0. The van der Waals surface area contributed by atoms with Gasteiger partial charge in [0.15, 0.2) is 6.10 Å². The van der Waals surface area contributed by atoms with Crippen LogP contribution < -0.4 is 0 Å². The third kappa shape index (κ3) is 81.0. The summed E-state index contributed by atoms with van der Waals surface area (Å²) in [5, 5.41) is 9.77. The summed E-state index contributed by atoms with van der Waals surface area (Å²) < 4.78 is 23.0. The smallest absolute Gasteiger partial charge is 0.361 e. The van der Waals surface area contributed by atoms with Crippen LogP contribution in [0.25, 0.3) is 0 Å². The van der Waals surface area contributed by atoms with E-state index in [2.05, 4.69) is 220 Å². The fraction of sp³-hybridized carbons (Fsp3) is 0.598. The molecule has 0 spiro atoms. The Balaban J connectivity index is 4.16. The molecular formula is C92H148NO8+. The van der Waals surface area contributed by atoms with Gasteiger partial charge < -0.3 is 28.5 Å². The highest BCUT2D eigenvalue weighted by Crippen LogP contribution is 2.17. The van der Waals surface area contributed by atoms with E-state index in [9.17, 15) is 19.5 Å². The van der Waals surface area contributed by atoms with Crippen molar-refractivity contribution in [3.05, 3.63) is 207 Å². The maximum atomic E-state index is 13.0. The van der Waals surface area contributed by atoms with E-state index in [1.807, 2.05) is 21.1 Å². The van der Waals surface area contributed by atoms with E-state index in [1.54, 1.807) is 0 Å². The van der Waals surface area contributed by atoms with Crippen LogP contribution in [0.3, 0.4) is 0 Å². The van der Waals surface area contributed by atoms with Gasteiger partial charge in [-0.1, -0.05) is 342 Å². The molecule has 568 valence electrons. The topological polar surface area (TPSA) is 108 Å². The van der Waals surface area contributed by atoms with Crippen molar-refractivity contribution in [2.75, 3.05) is 47.5 Å². The highest BCUT2D eigenvalue weighted by molar-refractivity contribution is 5.71. The first kappa shape index (κ1) is 94.9. The molecule has 0 amide bonds. The number of likely N-dealkylation sites (N-methyl/N-ethyl adjacent to an activating group) is 1. The molecule has 101 heavy (non-hydrogen) atoms. The summed E-state index contributed by atoms with van der Waals surface area (Å²) in [5.74, 6) is -2.08. The van der Waals surface area contributed by atoms with Crippen molar-refractivity contribution in [1.82, 2.24) is 0 Å². The molecule has 2 unspecified atom stereocenters. The quantitative estimate of drug-likeness (QED) is 0.0211. The number of carbonyl (C=O) groups excluding carboxylic acids is 2. The molecule has 0 aliphatic carbocycles. The van der Waals surface area contributed by atoms with Gasteiger partial charge in [0, 0.05) is 12.8 Å². The number of carboxylic acids is 1. The molecule has 0 fully saturated rings. The molecule has 9 nitrogen and oxygen atoms in total. The van der Waals surface area contributed by atoms with Crippen LogP contribution in [-0.2, 0) is 33.3 Å². The molecule has 0 radical (unpaired) electrons. The zero-order chi connectivity index (χ0) is 73.2. The molecule has 9 heteroatoms. The van der Waals surface area contributed by atoms with E-state index < -0.39 is 24.3 Å². The van der Waals surface area contributed by atoms with E-state index in [-0.39, 0.29) is 38.6 Å². The van der Waals surface area contributed by atoms with E-state index in [0.29, 0.717) is 17.4 Å². The lowest BCUT2D eigenvalue weighted by Gasteiger charge is -2.25. The summed E-state index contributed by atoms with van der Waals surface area (Å²) in [6.45, 7) is 4.59. The third-order valence-corrected chi connectivity index (χ3v) is 16.5. The summed E-state index contributed by atoms with van der Waals surface area (Å²) in [6, 6.07) is 0. The Bertz CT molecular complexity index is 2420. The van der Waals surface area contributed by atoms with Gasteiger partial charge in [0.2, 0.25) is 0 Å².